The Balaban J connectivity index is 0.00000133. The topological polar surface area (TPSA) is 28.5 Å². The van der Waals surface area contributed by atoms with Gasteiger partial charge in [0.25, 0.3) is 0 Å². The van der Waals surface area contributed by atoms with Gasteiger partial charge in [-0.2, -0.15) is 0 Å². The van der Waals surface area contributed by atoms with Gasteiger partial charge in [0, 0.05) is 24.5 Å². The summed E-state index contributed by atoms with van der Waals surface area (Å²) < 4.78 is 0. The van der Waals surface area contributed by atoms with Crippen molar-refractivity contribution in [1.82, 2.24) is 9.88 Å². The van der Waals surface area contributed by atoms with Gasteiger partial charge >= 0.3 is 17.1 Å². The minimum Gasteiger partial charge on any atom is -0.369 e. The van der Waals surface area contributed by atoms with E-state index in [0.29, 0.717) is 0 Å². The molecule has 1 aliphatic rings. The van der Waals surface area contributed by atoms with Gasteiger partial charge in [0.2, 0.25) is 5.13 Å². The Morgan fingerprint density at radius 1 is 1.26 bits per heavy atom. The van der Waals surface area contributed by atoms with Crippen molar-refractivity contribution in [3.8, 4) is 11.3 Å². The first-order valence-corrected chi connectivity index (χ1v) is 6.84. The second kappa shape index (κ2) is 5.86. The minimum atomic E-state index is 0. The van der Waals surface area contributed by atoms with Gasteiger partial charge in [0.05, 0.1) is 12.0 Å². The third-order valence-corrected chi connectivity index (χ3v) is 4.00. The normalized spacial score (nSPS) is 12.7. The van der Waals surface area contributed by atoms with Crippen molar-refractivity contribution < 1.29 is 17.1 Å². The summed E-state index contributed by atoms with van der Waals surface area (Å²) in [7, 11) is 3.93. The molecule has 0 saturated carbocycles. The summed E-state index contributed by atoms with van der Waals surface area (Å²) in [4.78, 5) is 12.3. The molecule has 1 heterocycles. The van der Waals surface area contributed by atoms with Crippen molar-refractivity contribution in [2.24, 2.45) is 4.99 Å². The van der Waals surface area contributed by atoms with Crippen LogP contribution in [0, 0.1) is 0 Å². The predicted molar refractivity (Wildman–Crippen MR) is 76.8 cm³/mol. The predicted octanol–water partition coefficient (Wildman–Crippen LogP) is 3.13. The van der Waals surface area contributed by atoms with Crippen LogP contribution < -0.4 is 0 Å². The molecule has 3 rings (SSSR count). The SMILES string of the molecule is CN(C)/C=N/c1nc2c(s1)CCc1ccccc1-2.[Mn+2]. The van der Waals surface area contributed by atoms with Crippen LogP contribution in [-0.4, -0.2) is 30.3 Å². The smallest absolute Gasteiger partial charge is 0.369 e. The van der Waals surface area contributed by atoms with E-state index >= 15 is 0 Å². The fourth-order valence-electron chi connectivity index (χ4n) is 2.16. The zero-order valence-electron chi connectivity index (χ0n) is 10.9. The summed E-state index contributed by atoms with van der Waals surface area (Å²) in [6.07, 6.45) is 4.00. The fourth-order valence-corrected chi connectivity index (χ4v) is 3.07. The van der Waals surface area contributed by atoms with Crippen molar-refractivity contribution >= 4 is 22.8 Å². The molecule has 19 heavy (non-hydrogen) atoms. The van der Waals surface area contributed by atoms with Crippen molar-refractivity contribution in [2.45, 2.75) is 12.8 Å². The Morgan fingerprint density at radius 2 is 2.05 bits per heavy atom. The first-order valence-electron chi connectivity index (χ1n) is 6.02. The number of aryl methyl sites for hydroxylation is 2. The average molecular weight is 312 g/mol. The second-order valence-corrected chi connectivity index (χ2v) is 5.70. The van der Waals surface area contributed by atoms with Gasteiger partial charge in [0.15, 0.2) is 0 Å². The minimum absolute atomic E-state index is 0. The number of aromatic nitrogens is 1. The molecule has 5 heteroatoms. The standard InChI is InChI=1S/C14H15N3S.Mn/c1-17(2)9-15-14-16-13-11-6-4-3-5-10(11)7-8-12(13)18-14;/h3-6,9H,7-8H2,1-2H3;/q;+2/b15-9+;. The summed E-state index contributed by atoms with van der Waals surface area (Å²) in [5.41, 5.74) is 3.81. The fraction of sp³-hybridized carbons (Fsp3) is 0.286. The molecule has 1 aromatic heterocycles. The van der Waals surface area contributed by atoms with Gasteiger partial charge in [-0.25, -0.2) is 9.98 Å². The van der Waals surface area contributed by atoms with Crippen LogP contribution in [0.25, 0.3) is 11.3 Å². The molecule has 0 atom stereocenters. The molecular formula is C14H15MnN3S+2. The third kappa shape index (κ3) is 2.89. The number of hydrogen-bond donors (Lipinski definition) is 0. The van der Waals surface area contributed by atoms with Crippen LogP contribution in [0.5, 0.6) is 0 Å². The van der Waals surface area contributed by atoms with E-state index in [0.717, 1.165) is 23.7 Å². The molecule has 2 aromatic rings. The summed E-state index contributed by atoms with van der Waals surface area (Å²) in [6.45, 7) is 0. The van der Waals surface area contributed by atoms with E-state index in [9.17, 15) is 0 Å². The molecule has 0 saturated heterocycles. The third-order valence-electron chi connectivity index (χ3n) is 2.98. The molecule has 0 unspecified atom stereocenters. The van der Waals surface area contributed by atoms with Crippen molar-refractivity contribution in [1.29, 1.82) is 0 Å². The number of hydrogen-bond acceptors (Lipinski definition) is 3. The van der Waals surface area contributed by atoms with Gasteiger partial charge in [-0.1, -0.05) is 35.6 Å². The Labute approximate surface area is 127 Å². The second-order valence-electron chi connectivity index (χ2n) is 4.63. The zero-order valence-corrected chi connectivity index (χ0v) is 12.9. The number of thiazole rings is 1. The average Bonchev–Trinajstić information content (AvgIpc) is 2.79. The van der Waals surface area contributed by atoms with Gasteiger partial charge in [0.1, 0.15) is 0 Å². The Bertz CT molecular complexity index is 604. The van der Waals surface area contributed by atoms with Gasteiger partial charge in [-0.3, -0.25) is 0 Å². The van der Waals surface area contributed by atoms with E-state index in [-0.39, 0.29) is 17.1 Å². The van der Waals surface area contributed by atoms with E-state index in [1.807, 2.05) is 19.0 Å². The van der Waals surface area contributed by atoms with Crippen molar-refractivity contribution in [2.75, 3.05) is 14.1 Å². The molecule has 3 nitrogen and oxygen atoms in total. The van der Waals surface area contributed by atoms with Gasteiger partial charge in [-0.15, -0.1) is 0 Å². The monoisotopic (exact) mass is 312 g/mol. The molecule has 0 N–H and O–H groups in total. The zero-order chi connectivity index (χ0) is 12.5. The first kappa shape index (κ1) is 14.3. The number of benzene rings is 1. The van der Waals surface area contributed by atoms with E-state index in [4.69, 9.17) is 0 Å². The Hall–Kier alpha value is -1.16. The van der Waals surface area contributed by atoms with Gasteiger partial charge < -0.3 is 4.90 Å². The Morgan fingerprint density at radius 3 is 2.84 bits per heavy atom. The summed E-state index contributed by atoms with van der Waals surface area (Å²) in [6, 6.07) is 8.53. The summed E-state index contributed by atoms with van der Waals surface area (Å²) >= 11 is 1.71. The molecular weight excluding hydrogens is 297 g/mol. The van der Waals surface area contributed by atoms with Crippen LogP contribution >= 0.6 is 11.3 Å². The number of nitrogens with zero attached hydrogens (tertiary/aromatic N) is 3. The van der Waals surface area contributed by atoms with E-state index < -0.39 is 0 Å². The Kier molecular flexibility index (Phi) is 4.40. The molecule has 0 amide bonds. The van der Waals surface area contributed by atoms with E-state index in [1.165, 1.54) is 16.0 Å². The van der Waals surface area contributed by atoms with Crippen LogP contribution in [-0.2, 0) is 29.9 Å². The maximum absolute atomic E-state index is 4.66. The van der Waals surface area contributed by atoms with Gasteiger partial charge in [-0.05, 0) is 18.4 Å². The molecule has 1 aromatic carbocycles. The molecule has 0 fully saturated rings. The van der Waals surface area contributed by atoms with Crippen LogP contribution in [0.4, 0.5) is 5.13 Å². The largest absolute Gasteiger partial charge is 2.00 e. The van der Waals surface area contributed by atoms with E-state index in [1.54, 1.807) is 17.7 Å². The maximum Gasteiger partial charge on any atom is 2.00 e. The number of rotatable bonds is 2. The number of fused-ring (bicyclic) bond motifs is 3. The molecule has 1 radical (unpaired) electrons. The van der Waals surface area contributed by atoms with Crippen molar-refractivity contribution in [3.63, 3.8) is 0 Å². The molecule has 97 valence electrons. The number of aliphatic imine (C=N–C) groups is 1. The summed E-state index contributed by atoms with van der Waals surface area (Å²) in [5, 5.41) is 0.852. The van der Waals surface area contributed by atoms with Crippen LogP contribution in [0.15, 0.2) is 29.3 Å². The first-order chi connectivity index (χ1) is 8.74. The van der Waals surface area contributed by atoms with E-state index in [2.05, 4.69) is 34.2 Å². The van der Waals surface area contributed by atoms with Crippen LogP contribution in [0.2, 0.25) is 0 Å². The molecule has 0 spiro atoms. The van der Waals surface area contributed by atoms with Crippen LogP contribution in [0.3, 0.4) is 0 Å². The maximum atomic E-state index is 4.66. The summed E-state index contributed by atoms with van der Waals surface area (Å²) in [5.74, 6) is 0. The molecule has 1 aliphatic carbocycles. The molecule has 0 bridgehead atoms. The van der Waals surface area contributed by atoms with Crippen molar-refractivity contribution in [3.05, 3.63) is 34.7 Å². The van der Waals surface area contributed by atoms with Crippen LogP contribution in [0.1, 0.15) is 10.4 Å². The quantitative estimate of drug-likeness (QED) is 0.484. The molecule has 0 aliphatic heterocycles.